The van der Waals surface area contributed by atoms with Crippen molar-refractivity contribution in [3.05, 3.63) is 35.9 Å². The van der Waals surface area contributed by atoms with Crippen molar-refractivity contribution in [3.63, 3.8) is 0 Å². The van der Waals surface area contributed by atoms with Gasteiger partial charge in [-0.1, -0.05) is 6.07 Å². The lowest BCUT2D eigenvalue weighted by Crippen LogP contribution is -2.17. The minimum absolute atomic E-state index is 0.166. The third-order valence-electron chi connectivity index (χ3n) is 3.09. The van der Waals surface area contributed by atoms with E-state index in [0.717, 1.165) is 10.1 Å². The molecule has 0 aliphatic heterocycles. The van der Waals surface area contributed by atoms with Crippen molar-refractivity contribution in [2.75, 3.05) is 0 Å². The van der Waals surface area contributed by atoms with Crippen molar-refractivity contribution in [1.29, 1.82) is 0 Å². The second-order valence-corrected chi connectivity index (χ2v) is 5.65. The van der Waals surface area contributed by atoms with Gasteiger partial charge in [-0.05, 0) is 36.7 Å². The molecule has 0 unspecified atom stereocenters. The molecule has 1 saturated carbocycles. The first kappa shape index (κ1) is 12.6. The first-order valence-corrected chi connectivity index (χ1v) is 7.08. The SMILES string of the molecule is Cn1ncnc1Sc1cccc(F)c1CNC1CC1. The van der Waals surface area contributed by atoms with Crippen LogP contribution in [0, 0.1) is 5.82 Å². The van der Waals surface area contributed by atoms with E-state index < -0.39 is 0 Å². The molecule has 0 saturated heterocycles. The summed E-state index contributed by atoms with van der Waals surface area (Å²) in [7, 11) is 1.83. The van der Waals surface area contributed by atoms with Gasteiger partial charge < -0.3 is 5.32 Å². The Morgan fingerprint density at radius 1 is 1.47 bits per heavy atom. The van der Waals surface area contributed by atoms with Gasteiger partial charge in [-0.3, -0.25) is 0 Å². The van der Waals surface area contributed by atoms with Gasteiger partial charge in [0.1, 0.15) is 12.1 Å². The average Bonchev–Trinajstić information content (AvgIpc) is 3.13. The normalized spacial score (nSPS) is 14.8. The molecular weight excluding hydrogens is 263 g/mol. The molecule has 0 spiro atoms. The number of hydrogen-bond acceptors (Lipinski definition) is 4. The van der Waals surface area contributed by atoms with Gasteiger partial charge >= 0.3 is 0 Å². The summed E-state index contributed by atoms with van der Waals surface area (Å²) in [6.07, 6.45) is 3.89. The lowest BCUT2D eigenvalue weighted by atomic mass is 10.2. The average molecular weight is 278 g/mol. The highest BCUT2D eigenvalue weighted by molar-refractivity contribution is 7.99. The van der Waals surface area contributed by atoms with Gasteiger partial charge in [-0.25, -0.2) is 14.1 Å². The molecule has 0 atom stereocenters. The molecule has 1 N–H and O–H groups in total. The van der Waals surface area contributed by atoms with E-state index in [0.29, 0.717) is 18.2 Å². The summed E-state index contributed by atoms with van der Waals surface area (Å²) in [4.78, 5) is 5.05. The van der Waals surface area contributed by atoms with Crippen LogP contribution in [0.3, 0.4) is 0 Å². The molecule has 1 aromatic carbocycles. The van der Waals surface area contributed by atoms with Gasteiger partial charge in [0, 0.05) is 30.1 Å². The van der Waals surface area contributed by atoms with E-state index in [1.54, 1.807) is 10.7 Å². The Labute approximate surface area is 115 Å². The number of aromatic nitrogens is 3. The molecule has 0 radical (unpaired) electrons. The fraction of sp³-hybridized carbons (Fsp3) is 0.385. The molecule has 1 aromatic heterocycles. The molecule has 4 nitrogen and oxygen atoms in total. The number of benzene rings is 1. The van der Waals surface area contributed by atoms with E-state index in [9.17, 15) is 4.39 Å². The number of halogens is 1. The molecule has 1 heterocycles. The second-order valence-electron chi connectivity index (χ2n) is 4.64. The first-order valence-electron chi connectivity index (χ1n) is 6.26. The summed E-state index contributed by atoms with van der Waals surface area (Å²) in [5.74, 6) is -0.166. The van der Waals surface area contributed by atoms with Crippen LogP contribution in [-0.4, -0.2) is 20.8 Å². The molecule has 0 bridgehead atoms. The minimum atomic E-state index is -0.166. The first-order chi connectivity index (χ1) is 9.24. The highest BCUT2D eigenvalue weighted by Gasteiger charge is 2.21. The number of hydrogen-bond donors (Lipinski definition) is 1. The minimum Gasteiger partial charge on any atom is -0.310 e. The highest BCUT2D eigenvalue weighted by atomic mass is 32.2. The molecular formula is C13H15FN4S. The van der Waals surface area contributed by atoms with Crippen LogP contribution in [-0.2, 0) is 13.6 Å². The Bertz CT molecular complexity index is 580. The maximum absolute atomic E-state index is 14.0. The molecule has 3 rings (SSSR count). The van der Waals surface area contributed by atoms with Crippen molar-refractivity contribution >= 4 is 11.8 Å². The summed E-state index contributed by atoms with van der Waals surface area (Å²) in [6, 6.07) is 5.72. The van der Waals surface area contributed by atoms with E-state index in [1.807, 2.05) is 13.1 Å². The maximum atomic E-state index is 14.0. The van der Waals surface area contributed by atoms with E-state index >= 15 is 0 Å². The van der Waals surface area contributed by atoms with E-state index in [2.05, 4.69) is 15.4 Å². The lowest BCUT2D eigenvalue weighted by Gasteiger charge is -2.10. The van der Waals surface area contributed by atoms with Crippen molar-refractivity contribution in [2.24, 2.45) is 7.05 Å². The number of nitrogens with one attached hydrogen (secondary N) is 1. The fourth-order valence-corrected chi connectivity index (χ4v) is 2.73. The molecule has 1 aliphatic rings. The van der Waals surface area contributed by atoms with Crippen molar-refractivity contribution in [1.82, 2.24) is 20.1 Å². The third kappa shape index (κ3) is 2.96. The van der Waals surface area contributed by atoms with Gasteiger partial charge in [0.05, 0.1) is 0 Å². The van der Waals surface area contributed by atoms with Crippen LogP contribution in [0.25, 0.3) is 0 Å². The number of nitrogens with zero attached hydrogens (tertiary/aromatic N) is 3. The predicted octanol–water partition coefficient (Wildman–Crippen LogP) is 2.36. The number of aryl methyl sites for hydroxylation is 1. The quantitative estimate of drug-likeness (QED) is 0.911. The van der Waals surface area contributed by atoms with Crippen LogP contribution >= 0.6 is 11.8 Å². The molecule has 0 amide bonds. The summed E-state index contributed by atoms with van der Waals surface area (Å²) >= 11 is 1.44. The summed E-state index contributed by atoms with van der Waals surface area (Å²) < 4.78 is 15.6. The molecule has 19 heavy (non-hydrogen) atoms. The zero-order chi connectivity index (χ0) is 13.2. The van der Waals surface area contributed by atoms with Crippen LogP contribution in [0.15, 0.2) is 34.6 Å². The Kier molecular flexibility index (Phi) is 3.52. The van der Waals surface area contributed by atoms with Gasteiger partial charge in [0.25, 0.3) is 0 Å². The van der Waals surface area contributed by atoms with Crippen LogP contribution in [0.1, 0.15) is 18.4 Å². The monoisotopic (exact) mass is 278 g/mol. The fourth-order valence-electron chi connectivity index (χ4n) is 1.82. The summed E-state index contributed by atoms with van der Waals surface area (Å²) in [5, 5.41) is 8.14. The Morgan fingerprint density at radius 2 is 2.32 bits per heavy atom. The van der Waals surface area contributed by atoms with Crippen molar-refractivity contribution in [2.45, 2.75) is 35.5 Å². The standard InChI is InChI=1S/C13H15FN4S/c1-18-13(16-8-17-18)19-12-4-2-3-11(14)10(12)7-15-9-5-6-9/h2-4,8-9,15H,5-7H2,1H3. The largest absolute Gasteiger partial charge is 0.310 e. The van der Waals surface area contributed by atoms with Crippen molar-refractivity contribution < 1.29 is 4.39 Å². The lowest BCUT2D eigenvalue weighted by molar-refractivity contribution is 0.578. The van der Waals surface area contributed by atoms with E-state index in [-0.39, 0.29) is 5.82 Å². The van der Waals surface area contributed by atoms with Gasteiger partial charge in [0.15, 0.2) is 5.16 Å². The molecule has 6 heteroatoms. The van der Waals surface area contributed by atoms with Crippen molar-refractivity contribution in [3.8, 4) is 0 Å². The summed E-state index contributed by atoms with van der Waals surface area (Å²) in [5.41, 5.74) is 0.711. The summed E-state index contributed by atoms with van der Waals surface area (Å²) in [6.45, 7) is 0.567. The molecule has 1 fully saturated rings. The molecule has 2 aromatic rings. The van der Waals surface area contributed by atoms with E-state index in [1.165, 1.54) is 37.0 Å². The van der Waals surface area contributed by atoms with Crippen LogP contribution in [0.2, 0.25) is 0 Å². The highest BCUT2D eigenvalue weighted by Crippen LogP contribution is 2.30. The van der Waals surface area contributed by atoms with Gasteiger partial charge in [-0.2, -0.15) is 5.10 Å². The van der Waals surface area contributed by atoms with E-state index in [4.69, 9.17) is 0 Å². The Morgan fingerprint density at radius 3 is 3.00 bits per heavy atom. The molecule has 100 valence electrons. The maximum Gasteiger partial charge on any atom is 0.190 e. The Balaban J connectivity index is 1.82. The smallest absolute Gasteiger partial charge is 0.190 e. The zero-order valence-electron chi connectivity index (χ0n) is 10.6. The topological polar surface area (TPSA) is 42.7 Å². The molecule has 1 aliphatic carbocycles. The third-order valence-corrected chi connectivity index (χ3v) is 4.25. The second kappa shape index (κ2) is 5.30. The predicted molar refractivity (Wildman–Crippen MR) is 71.4 cm³/mol. The zero-order valence-corrected chi connectivity index (χ0v) is 11.5. The van der Waals surface area contributed by atoms with Crippen LogP contribution in [0.4, 0.5) is 4.39 Å². The van der Waals surface area contributed by atoms with Crippen LogP contribution in [0.5, 0.6) is 0 Å². The van der Waals surface area contributed by atoms with Gasteiger partial charge in [-0.15, -0.1) is 0 Å². The number of rotatable bonds is 5. The van der Waals surface area contributed by atoms with Crippen LogP contribution < -0.4 is 5.32 Å². The van der Waals surface area contributed by atoms with Gasteiger partial charge in [0.2, 0.25) is 0 Å². The Hall–Kier alpha value is -1.40.